The molecule has 0 unspecified atom stereocenters. The van der Waals surface area contributed by atoms with Crippen LogP contribution >= 0.6 is 0 Å². The van der Waals surface area contributed by atoms with Gasteiger partial charge in [0.15, 0.2) is 5.82 Å². The molecule has 2 saturated heterocycles. The number of hydrogen-bond donors (Lipinski definition) is 3. The lowest BCUT2D eigenvalue weighted by molar-refractivity contribution is -0.136. The van der Waals surface area contributed by atoms with Crippen molar-refractivity contribution in [3.05, 3.63) is 24.7 Å². The highest BCUT2D eigenvalue weighted by molar-refractivity contribution is 5.88. The van der Waals surface area contributed by atoms with E-state index in [0.717, 1.165) is 4.90 Å². The van der Waals surface area contributed by atoms with Crippen molar-refractivity contribution in [3.8, 4) is 5.88 Å². The summed E-state index contributed by atoms with van der Waals surface area (Å²) in [5.41, 5.74) is 0. The Balaban J connectivity index is 1.34. The van der Waals surface area contributed by atoms with Gasteiger partial charge >= 0.3 is 12.1 Å². The molecule has 3 N–H and O–H groups in total. The molecular weight excluding hydrogens is 560 g/mol. The van der Waals surface area contributed by atoms with Crippen molar-refractivity contribution in [2.75, 3.05) is 62.0 Å². The van der Waals surface area contributed by atoms with Crippen LogP contribution in [0.1, 0.15) is 26.2 Å². The van der Waals surface area contributed by atoms with Gasteiger partial charge in [0.25, 0.3) is 5.92 Å². The molecule has 0 aromatic carbocycles. The van der Waals surface area contributed by atoms with Crippen LogP contribution in [0.4, 0.5) is 36.0 Å². The molecule has 2 aliphatic rings. The largest absolute Gasteiger partial charge is 0.477 e. The van der Waals surface area contributed by atoms with Crippen molar-refractivity contribution in [1.29, 1.82) is 0 Å². The number of nitrogens with one attached hydrogen (secondary N) is 2. The maximum absolute atomic E-state index is 15.0. The Morgan fingerprint density at radius 3 is 2.55 bits per heavy atom. The van der Waals surface area contributed by atoms with Gasteiger partial charge in [0.1, 0.15) is 24.6 Å². The lowest BCUT2D eigenvalue weighted by Gasteiger charge is -2.42. The van der Waals surface area contributed by atoms with E-state index in [2.05, 4.69) is 30.6 Å². The molecule has 15 nitrogen and oxygen atoms in total. The second-order valence-electron chi connectivity index (χ2n) is 9.70. The number of aliphatic hydroxyl groups is 1. The number of carbonyl (C=O) groups is 3. The number of ether oxygens (including phenoxy) is 2. The van der Waals surface area contributed by atoms with Crippen LogP contribution in [0.2, 0.25) is 0 Å². The van der Waals surface area contributed by atoms with E-state index < -0.39 is 43.2 Å². The van der Waals surface area contributed by atoms with Crippen molar-refractivity contribution < 1.29 is 37.7 Å². The van der Waals surface area contributed by atoms with Crippen molar-refractivity contribution in [1.82, 2.24) is 29.7 Å². The van der Waals surface area contributed by atoms with Gasteiger partial charge in [0.05, 0.1) is 19.0 Å². The molecule has 0 saturated carbocycles. The summed E-state index contributed by atoms with van der Waals surface area (Å²) in [6.45, 7) is 1.96. The van der Waals surface area contributed by atoms with Crippen LogP contribution in [0.15, 0.2) is 24.7 Å². The van der Waals surface area contributed by atoms with Crippen molar-refractivity contribution in [2.45, 2.75) is 44.3 Å². The predicted molar refractivity (Wildman–Crippen MR) is 144 cm³/mol. The van der Waals surface area contributed by atoms with E-state index in [9.17, 15) is 23.2 Å². The van der Waals surface area contributed by atoms with Gasteiger partial charge in [-0.05, 0) is 13.0 Å². The number of amides is 4. The topological polar surface area (TPSA) is 175 Å². The summed E-state index contributed by atoms with van der Waals surface area (Å²) in [5.74, 6) is -3.03. The van der Waals surface area contributed by atoms with Crippen molar-refractivity contribution >= 4 is 35.6 Å². The first-order chi connectivity index (χ1) is 20.1. The third kappa shape index (κ3) is 7.65. The molecule has 0 spiro atoms. The zero-order chi connectivity index (χ0) is 30.3. The standard InChI is InChI=1S/C25H33F2N9O6/c1-3-41-20-13-29-19(12-30-20)32-23(39)34(2)17-14-36(11-7-25(17,26)27)22-28-8-4-18(31-22)33-24(40)42-16-5-9-35(10-6-16)21(38)15-37/h4,8,12-13,16-17,37H,3,5-7,9-11,14-15H2,1-2H3,(H,29,32,39)(H,28,31,33,40)/t17-/m0/s1. The fraction of sp³-hybridized carbons (Fsp3) is 0.560. The Kier molecular flexibility index (Phi) is 9.82. The summed E-state index contributed by atoms with van der Waals surface area (Å²) in [6, 6.07) is -0.887. The van der Waals surface area contributed by atoms with Gasteiger partial charge in [-0.2, -0.15) is 4.98 Å². The minimum absolute atomic E-state index is 0.0736. The first-order valence-corrected chi connectivity index (χ1v) is 13.4. The van der Waals surface area contributed by atoms with Gasteiger partial charge in [-0.15, -0.1) is 0 Å². The number of aliphatic hydroxyl groups excluding tert-OH is 1. The summed E-state index contributed by atoms with van der Waals surface area (Å²) in [6.07, 6.45) is 3.05. The molecule has 4 rings (SSSR count). The van der Waals surface area contributed by atoms with E-state index in [1.54, 1.807) is 6.92 Å². The van der Waals surface area contributed by atoms with E-state index in [-0.39, 0.29) is 42.5 Å². The summed E-state index contributed by atoms with van der Waals surface area (Å²) in [4.78, 5) is 57.2. The number of alkyl halides is 2. The maximum atomic E-state index is 15.0. The second-order valence-corrected chi connectivity index (χ2v) is 9.70. The number of likely N-dealkylation sites (tertiary alicyclic amines) is 1. The fourth-order valence-corrected chi connectivity index (χ4v) is 4.59. The molecule has 17 heteroatoms. The molecule has 2 aromatic rings. The lowest BCUT2D eigenvalue weighted by atomic mass is 10.00. The van der Waals surface area contributed by atoms with Crippen molar-refractivity contribution in [3.63, 3.8) is 0 Å². The average Bonchev–Trinajstić information content (AvgIpc) is 2.98. The fourth-order valence-electron chi connectivity index (χ4n) is 4.59. The normalized spacial score (nSPS) is 18.6. The van der Waals surface area contributed by atoms with Crippen LogP contribution < -0.4 is 20.3 Å². The van der Waals surface area contributed by atoms with Crippen LogP contribution in [0.3, 0.4) is 0 Å². The van der Waals surface area contributed by atoms with E-state index in [1.165, 1.54) is 41.5 Å². The molecule has 2 aliphatic heterocycles. The van der Waals surface area contributed by atoms with Gasteiger partial charge in [-0.25, -0.2) is 33.3 Å². The first-order valence-electron chi connectivity index (χ1n) is 13.4. The Morgan fingerprint density at radius 2 is 1.88 bits per heavy atom. The molecule has 0 radical (unpaired) electrons. The average molecular weight is 594 g/mol. The molecule has 0 bridgehead atoms. The van der Waals surface area contributed by atoms with Gasteiger partial charge in [-0.3, -0.25) is 15.4 Å². The van der Waals surface area contributed by atoms with E-state index in [0.29, 0.717) is 32.5 Å². The highest BCUT2D eigenvalue weighted by Gasteiger charge is 2.48. The minimum Gasteiger partial charge on any atom is -0.477 e. The van der Waals surface area contributed by atoms with Gasteiger partial charge in [-0.1, -0.05) is 0 Å². The smallest absolute Gasteiger partial charge is 0.413 e. The third-order valence-corrected chi connectivity index (χ3v) is 6.90. The number of nitrogens with zero attached hydrogens (tertiary/aromatic N) is 7. The molecule has 42 heavy (non-hydrogen) atoms. The summed E-state index contributed by atoms with van der Waals surface area (Å²) in [5, 5.41) is 14.0. The number of halogens is 2. The van der Waals surface area contributed by atoms with E-state index in [1.807, 2.05) is 0 Å². The first kappa shape index (κ1) is 30.5. The predicted octanol–water partition coefficient (Wildman–Crippen LogP) is 1.57. The Labute approximate surface area is 240 Å². The molecule has 4 amide bonds. The van der Waals surface area contributed by atoms with E-state index in [4.69, 9.17) is 14.6 Å². The van der Waals surface area contributed by atoms with Crippen LogP contribution in [-0.4, -0.2) is 117 Å². The van der Waals surface area contributed by atoms with E-state index >= 15 is 0 Å². The van der Waals surface area contributed by atoms with Crippen LogP contribution in [0, 0.1) is 0 Å². The van der Waals surface area contributed by atoms with Crippen LogP contribution in [-0.2, 0) is 9.53 Å². The summed E-state index contributed by atoms with van der Waals surface area (Å²) < 4.78 is 40.6. The molecule has 1 atom stereocenters. The highest BCUT2D eigenvalue weighted by Crippen LogP contribution is 2.33. The molecule has 2 aromatic heterocycles. The number of urea groups is 1. The molecule has 228 valence electrons. The second kappa shape index (κ2) is 13.5. The lowest BCUT2D eigenvalue weighted by Crippen LogP contribution is -2.60. The number of aromatic nitrogens is 4. The SMILES string of the molecule is CCOc1cnc(NC(=O)N(C)[C@H]2CN(c3nccc(NC(=O)OC4CCN(C(=O)CO)CC4)n3)CCC2(F)F)cn1. The Hall–Kier alpha value is -4.41. The monoisotopic (exact) mass is 593 g/mol. The maximum Gasteiger partial charge on any atom is 0.413 e. The number of carbonyl (C=O) groups excluding carboxylic acids is 3. The Morgan fingerprint density at radius 1 is 1.12 bits per heavy atom. The molecular formula is C25H33F2N9O6. The molecule has 2 fully saturated rings. The third-order valence-electron chi connectivity index (χ3n) is 6.90. The van der Waals surface area contributed by atoms with Crippen LogP contribution in [0.25, 0.3) is 0 Å². The quantitative estimate of drug-likeness (QED) is 0.405. The number of hydrogen-bond acceptors (Lipinski definition) is 11. The van der Waals surface area contributed by atoms with Crippen molar-refractivity contribution in [2.24, 2.45) is 0 Å². The number of rotatable bonds is 8. The number of likely N-dealkylation sites (N-methyl/N-ethyl adjacent to an activating group) is 1. The van der Waals surface area contributed by atoms with Gasteiger partial charge in [0, 0.05) is 58.7 Å². The molecule has 0 aliphatic carbocycles. The zero-order valence-corrected chi connectivity index (χ0v) is 23.2. The number of anilines is 3. The minimum atomic E-state index is -3.19. The summed E-state index contributed by atoms with van der Waals surface area (Å²) in [7, 11) is 1.26. The zero-order valence-electron chi connectivity index (χ0n) is 23.2. The van der Waals surface area contributed by atoms with Gasteiger partial charge in [0.2, 0.25) is 17.7 Å². The van der Waals surface area contributed by atoms with Gasteiger partial charge < -0.3 is 29.3 Å². The molecule has 4 heterocycles. The number of piperidine rings is 2. The highest BCUT2D eigenvalue weighted by atomic mass is 19.3. The Bertz CT molecular complexity index is 1250. The van der Waals surface area contributed by atoms with Crippen LogP contribution in [0.5, 0.6) is 5.88 Å². The summed E-state index contributed by atoms with van der Waals surface area (Å²) >= 11 is 0.